The number of nitrogens with one attached hydrogen (secondary N) is 1. The average Bonchev–Trinajstić information content (AvgIpc) is 2.27. The molecule has 1 rings (SSSR count). The first-order chi connectivity index (χ1) is 7.72. The Morgan fingerprint density at radius 1 is 1.69 bits per heavy atom. The van der Waals surface area contributed by atoms with Crippen molar-refractivity contribution in [3.8, 4) is 6.19 Å². The number of hydrogen-bond acceptors (Lipinski definition) is 4. The van der Waals surface area contributed by atoms with Crippen molar-refractivity contribution in [1.82, 2.24) is 10.3 Å². The summed E-state index contributed by atoms with van der Waals surface area (Å²) in [6, 6.07) is 3.83. The van der Waals surface area contributed by atoms with E-state index in [-0.39, 0.29) is 0 Å². The molecular formula is C11H14N4S. The minimum Gasteiger partial charge on any atom is -0.272 e. The van der Waals surface area contributed by atoms with Crippen molar-refractivity contribution in [1.29, 1.82) is 5.26 Å². The zero-order chi connectivity index (χ0) is 11.8. The number of nitriles is 1. The lowest BCUT2D eigenvalue weighted by Crippen LogP contribution is -2.16. The third-order valence-electron chi connectivity index (χ3n) is 1.64. The molecule has 0 atom stereocenters. The fourth-order valence-corrected chi connectivity index (χ4v) is 1.72. The first-order valence-electron chi connectivity index (χ1n) is 4.97. The highest BCUT2D eigenvalue weighted by Gasteiger charge is 2.02. The van der Waals surface area contributed by atoms with E-state index in [1.807, 2.05) is 18.3 Å². The van der Waals surface area contributed by atoms with Crippen molar-refractivity contribution in [3.05, 3.63) is 30.1 Å². The first kappa shape index (κ1) is 12.5. The van der Waals surface area contributed by atoms with E-state index in [2.05, 4.69) is 29.1 Å². The maximum absolute atomic E-state index is 8.58. The molecule has 16 heavy (non-hydrogen) atoms. The van der Waals surface area contributed by atoms with Gasteiger partial charge in [-0.15, -0.1) is 0 Å². The van der Waals surface area contributed by atoms with Gasteiger partial charge in [0.25, 0.3) is 0 Å². The fourth-order valence-electron chi connectivity index (χ4n) is 1.03. The molecular weight excluding hydrogens is 220 g/mol. The molecule has 4 nitrogen and oxygen atoms in total. The third kappa shape index (κ3) is 4.80. The van der Waals surface area contributed by atoms with E-state index in [0.717, 1.165) is 5.56 Å². The van der Waals surface area contributed by atoms with Crippen molar-refractivity contribution in [2.45, 2.75) is 25.6 Å². The Morgan fingerprint density at radius 3 is 3.06 bits per heavy atom. The Bertz CT molecular complexity index is 381. The second-order valence-corrected chi connectivity index (χ2v) is 4.95. The van der Waals surface area contributed by atoms with Crippen molar-refractivity contribution < 1.29 is 0 Å². The van der Waals surface area contributed by atoms with Gasteiger partial charge in [-0.25, -0.2) is 0 Å². The van der Waals surface area contributed by atoms with Gasteiger partial charge in [0.2, 0.25) is 0 Å². The number of nitrogens with zero attached hydrogens (tertiary/aromatic N) is 3. The molecule has 0 aliphatic carbocycles. The monoisotopic (exact) mass is 234 g/mol. The van der Waals surface area contributed by atoms with Gasteiger partial charge in [-0.2, -0.15) is 5.26 Å². The van der Waals surface area contributed by atoms with Gasteiger partial charge >= 0.3 is 0 Å². The lowest BCUT2D eigenvalue weighted by Gasteiger charge is -2.06. The number of hydrogen-bond donors (Lipinski definition) is 1. The van der Waals surface area contributed by atoms with Crippen LogP contribution in [0, 0.1) is 11.5 Å². The molecule has 0 bridgehead atoms. The van der Waals surface area contributed by atoms with Crippen LogP contribution in [0.3, 0.4) is 0 Å². The van der Waals surface area contributed by atoms with Crippen molar-refractivity contribution in [2.24, 2.45) is 4.99 Å². The lowest BCUT2D eigenvalue weighted by molar-refractivity contribution is 1.03. The summed E-state index contributed by atoms with van der Waals surface area (Å²) in [6.45, 7) is 4.66. The molecule has 5 heteroatoms. The Hall–Kier alpha value is -1.54. The van der Waals surface area contributed by atoms with Gasteiger partial charge in [-0.05, 0) is 11.6 Å². The molecule has 0 unspecified atom stereocenters. The van der Waals surface area contributed by atoms with E-state index in [1.165, 1.54) is 11.8 Å². The molecule has 1 aromatic heterocycles. The molecule has 0 aromatic carbocycles. The van der Waals surface area contributed by atoms with Crippen LogP contribution in [0.2, 0.25) is 0 Å². The summed E-state index contributed by atoms with van der Waals surface area (Å²) in [5, 5.41) is 12.2. The molecule has 0 aliphatic rings. The number of rotatable bonds is 3. The first-order valence-corrected chi connectivity index (χ1v) is 5.85. The molecule has 0 fully saturated rings. The average molecular weight is 234 g/mol. The molecule has 84 valence electrons. The van der Waals surface area contributed by atoms with Crippen LogP contribution in [0.25, 0.3) is 0 Å². The van der Waals surface area contributed by atoms with Gasteiger partial charge in [0.05, 0.1) is 6.54 Å². The van der Waals surface area contributed by atoms with Crippen LogP contribution in [0.1, 0.15) is 19.4 Å². The minimum absolute atomic E-state index is 0.397. The smallest absolute Gasteiger partial charge is 0.183 e. The lowest BCUT2D eigenvalue weighted by atomic mass is 10.3. The van der Waals surface area contributed by atoms with Gasteiger partial charge in [0, 0.05) is 17.6 Å². The van der Waals surface area contributed by atoms with Crippen LogP contribution in [0.5, 0.6) is 0 Å². The number of aromatic nitrogens is 1. The van der Waals surface area contributed by atoms with Crippen molar-refractivity contribution in [3.63, 3.8) is 0 Å². The van der Waals surface area contributed by atoms with Gasteiger partial charge in [0.1, 0.15) is 0 Å². The number of pyridine rings is 1. The normalized spacial score (nSPS) is 11.2. The second-order valence-electron chi connectivity index (χ2n) is 3.39. The Kier molecular flexibility index (Phi) is 5.37. The van der Waals surface area contributed by atoms with Crippen molar-refractivity contribution in [2.75, 3.05) is 0 Å². The largest absolute Gasteiger partial charge is 0.272 e. The summed E-state index contributed by atoms with van der Waals surface area (Å²) < 4.78 is 0. The molecule has 0 saturated carbocycles. The number of amidine groups is 1. The summed E-state index contributed by atoms with van der Waals surface area (Å²) in [4.78, 5) is 8.34. The summed E-state index contributed by atoms with van der Waals surface area (Å²) in [7, 11) is 0. The Labute approximate surface area is 99.8 Å². The van der Waals surface area contributed by atoms with E-state index < -0.39 is 0 Å². The minimum atomic E-state index is 0.397. The fraction of sp³-hybridized carbons (Fsp3) is 0.364. The second kappa shape index (κ2) is 6.85. The summed E-state index contributed by atoms with van der Waals surface area (Å²) >= 11 is 1.54. The highest BCUT2D eigenvalue weighted by Crippen LogP contribution is 2.11. The van der Waals surface area contributed by atoms with Crippen molar-refractivity contribution >= 4 is 16.9 Å². The highest BCUT2D eigenvalue weighted by atomic mass is 32.2. The predicted octanol–water partition coefficient (Wildman–Crippen LogP) is 2.15. The third-order valence-corrected chi connectivity index (χ3v) is 2.56. The van der Waals surface area contributed by atoms with Crippen LogP contribution in [0.15, 0.2) is 29.5 Å². The van der Waals surface area contributed by atoms with Crippen LogP contribution in [0.4, 0.5) is 0 Å². The quantitative estimate of drug-likeness (QED) is 0.377. The maximum Gasteiger partial charge on any atom is 0.183 e. The van der Waals surface area contributed by atoms with E-state index in [4.69, 9.17) is 5.26 Å². The van der Waals surface area contributed by atoms with Gasteiger partial charge in [-0.3, -0.25) is 15.3 Å². The molecule has 1 aromatic rings. The van der Waals surface area contributed by atoms with E-state index >= 15 is 0 Å². The zero-order valence-electron chi connectivity index (χ0n) is 9.34. The summed E-state index contributed by atoms with van der Waals surface area (Å²) in [5.41, 5.74) is 1.03. The van der Waals surface area contributed by atoms with Gasteiger partial charge in [-0.1, -0.05) is 31.7 Å². The Morgan fingerprint density at radius 2 is 2.50 bits per heavy atom. The maximum atomic E-state index is 8.58. The van der Waals surface area contributed by atoms with E-state index in [0.29, 0.717) is 17.0 Å². The molecule has 0 spiro atoms. The van der Waals surface area contributed by atoms with Gasteiger partial charge < -0.3 is 0 Å². The summed E-state index contributed by atoms with van der Waals surface area (Å²) in [6.07, 6.45) is 5.39. The van der Waals surface area contributed by atoms with E-state index in [9.17, 15) is 0 Å². The number of thioether (sulfide) groups is 1. The Balaban J connectivity index is 2.61. The number of aliphatic imine (C=N–C) groups is 1. The van der Waals surface area contributed by atoms with E-state index in [1.54, 1.807) is 12.4 Å². The SMILES string of the molecule is CC(C)SC(=NCc1cccnc1)NC#N. The van der Waals surface area contributed by atoms with Crippen LogP contribution in [-0.4, -0.2) is 15.4 Å². The molecule has 0 radical (unpaired) electrons. The zero-order valence-corrected chi connectivity index (χ0v) is 10.2. The standard InChI is InChI=1S/C11H14N4S/c1-9(2)16-11(15-8-12)14-7-10-4-3-5-13-6-10/h3-6,9H,7H2,1-2H3,(H,14,15). The topological polar surface area (TPSA) is 61.1 Å². The molecule has 0 aliphatic heterocycles. The predicted molar refractivity (Wildman–Crippen MR) is 66.9 cm³/mol. The molecule has 0 amide bonds. The van der Waals surface area contributed by atoms with Crippen LogP contribution in [-0.2, 0) is 6.54 Å². The summed E-state index contributed by atoms with van der Waals surface area (Å²) in [5.74, 6) is 0. The van der Waals surface area contributed by atoms with Crippen LogP contribution >= 0.6 is 11.8 Å². The molecule has 1 heterocycles. The molecule has 1 N–H and O–H groups in total. The molecule has 0 saturated heterocycles. The van der Waals surface area contributed by atoms with Crippen LogP contribution < -0.4 is 5.32 Å². The highest BCUT2D eigenvalue weighted by molar-refractivity contribution is 8.14. The van der Waals surface area contributed by atoms with Gasteiger partial charge in [0.15, 0.2) is 11.4 Å².